The molecule has 100 valence electrons. The van der Waals surface area contributed by atoms with E-state index in [1.807, 2.05) is 0 Å². The Hall–Kier alpha value is -1.40. The number of aliphatic hydroxyl groups excluding tert-OH is 2. The van der Waals surface area contributed by atoms with Crippen molar-refractivity contribution in [2.45, 2.75) is 25.3 Å². The number of hydrogen-bond donors (Lipinski definition) is 3. The first-order valence-electron chi connectivity index (χ1n) is 6.19. The Bertz CT molecular complexity index is 507. The summed E-state index contributed by atoms with van der Waals surface area (Å²) in [5, 5.41) is 18.5. The van der Waals surface area contributed by atoms with Gasteiger partial charge < -0.3 is 10.2 Å². The molecule has 2 rings (SSSR count). The number of aromatic nitrogens is 2. The predicted molar refractivity (Wildman–Crippen MR) is 65.4 cm³/mol. The molecule has 3 unspecified atom stereocenters. The number of aliphatic hydroxyl groups is 2. The van der Waals surface area contributed by atoms with E-state index < -0.39 is 11.2 Å². The fraction of sp³-hybridized carbons (Fsp3) is 0.667. The summed E-state index contributed by atoms with van der Waals surface area (Å²) in [5.74, 6) is 0.109. The van der Waals surface area contributed by atoms with Gasteiger partial charge in [0.15, 0.2) is 0 Å². The molecule has 0 saturated heterocycles. The first-order valence-corrected chi connectivity index (χ1v) is 6.19. The molecule has 0 radical (unpaired) electrons. The minimum absolute atomic E-state index is 0.00702. The van der Waals surface area contributed by atoms with Crippen LogP contribution in [0.25, 0.3) is 0 Å². The maximum atomic E-state index is 11.7. The van der Waals surface area contributed by atoms with Crippen molar-refractivity contribution >= 4 is 0 Å². The molecular formula is C12H18N2O4. The zero-order chi connectivity index (χ0) is 13.1. The Morgan fingerprint density at radius 1 is 1.22 bits per heavy atom. The minimum Gasteiger partial charge on any atom is -0.396 e. The normalized spacial score (nSPS) is 28.2. The highest BCUT2D eigenvalue weighted by molar-refractivity contribution is 4.89. The van der Waals surface area contributed by atoms with Crippen LogP contribution in [0.1, 0.15) is 25.3 Å². The molecule has 1 saturated carbocycles. The van der Waals surface area contributed by atoms with E-state index in [4.69, 9.17) is 0 Å². The highest BCUT2D eigenvalue weighted by Gasteiger charge is 2.30. The standard InChI is InChI=1S/C12H18N2O4/c15-6-8-1-2-10(5-9(8)7-16)14-4-3-11(17)13-12(14)18/h3-4,8-10,15-16H,1-2,5-7H2,(H,13,17,18). The van der Waals surface area contributed by atoms with Crippen LogP contribution in [0.2, 0.25) is 0 Å². The second-order valence-electron chi connectivity index (χ2n) is 4.87. The van der Waals surface area contributed by atoms with Crippen LogP contribution in [0.3, 0.4) is 0 Å². The Labute approximate surface area is 104 Å². The molecule has 0 aromatic carbocycles. The van der Waals surface area contributed by atoms with Crippen molar-refractivity contribution in [1.82, 2.24) is 9.55 Å². The molecule has 3 N–H and O–H groups in total. The lowest BCUT2D eigenvalue weighted by molar-refractivity contribution is 0.0661. The molecular weight excluding hydrogens is 236 g/mol. The van der Waals surface area contributed by atoms with Gasteiger partial charge in [0.05, 0.1) is 0 Å². The summed E-state index contributed by atoms with van der Waals surface area (Å²) in [6, 6.07) is 1.31. The van der Waals surface area contributed by atoms with Gasteiger partial charge in [0.2, 0.25) is 0 Å². The largest absolute Gasteiger partial charge is 0.396 e. The van der Waals surface area contributed by atoms with E-state index >= 15 is 0 Å². The molecule has 1 aliphatic rings. The van der Waals surface area contributed by atoms with Gasteiger partial charge >= 0.3 is 5.69 Å². The van der Waals surface area contributed by atoms with E-state index in [0.717, 1.165) is 12.8 Å². The lowest BCUT2D eigenvalue weighted by Gasteiger charge is -2.34. The number of hydrogen-bond acceptors (Lipinski definition) is 4. The summed E-state index contributed by atoms with van der Waals surface area (Å²) in [7, 11) is 0. The molecule has 1 aliphatic carbocycles. The van der Waals surface area contributed by atoms with E-state index in [0.29, 0.717) is 6.42 Å². The Kier molecular flexibility index (Phi) is 3.98. The zero-order valence-corrected chi connectivity index (χ0v) is 10.1. The topological polar surface area (TPSA) is 95.3 Å². The first kappa shape index (κ1) is 13.0. The third-order valence-electron chi connectivity index (χ3n) is 3.83. The fourth-order valence-electron chi connectivity index (χ4n) is 2.73. The van der Waals surface area contributed by atoms with Gasteiger partial charge in [-0.25, -0.2) is 4.79 Å². The second kappa shape index (κ2) is 5.49. The van der Waals surface area contributed by atoms with Crippen LogP contribution < -0.4 is 11.2 Å². The van der Waals surface area contributed by atoms with Gasteiger partial charge in [-0.05, 0) is 31.1 Å². The van der Waals surface area contributed by atoms with Crippen molar-refractivity contribution in [1.29, 1.82) is 0 Å². The van der Waals surface area contributed by atoms with Crippen LogP contribution >= 0.6 is 0 Å². The SMILES string of the molecule is O=c1ccn(C2CCC(CO)C(CO)C2)c(=O)[nH]1. The van der Waals surface area contributed by atoms with Crippen molar-refractivity contribution in [3.05, 3.63) is 33.1 Å². The molecule has 1 aromatic heterocycles. The average molecular weight is 254 g/mol. The quantitative estimate of drug-likeness (QED) is 0.676. The Morgan fingerprint density at radius 2 is 1.94 bits per heavy atom. The molecule has 1 aromatic rings. The van der Waals surface area contributed by atoms with Gasteiger partial charge in [-0.3, -0.25) is 14.3 Å². The van der Waals surface area contributed by atoms with Gasteiger partial charge in [-0.1, -0.05) is 0 Å². The third kappa shape index (κ3) is 2.54. The molecule has 6 heteroatoms. The number of aromatic amines is 1. The summed E-state index contributed by atoms with van der Waals surface area (Å²) in [6.45, 7) is 0.0816. The van der Waals surface area contributed by atoms with Crippen LogP contribution in [0, 0.1) is 11.8 Å². The number of H-pyrrole nitrogens is 1. The van der Waals surface area contributed by atoms with Crippen molar-refractivity contribution in [3.63, 3.8) is 0 Å². The lowest BCUT2D eigenvalue weighted by Crippen LogP contribution is -2.37. The molecule has 0 bridgehead atoms. The first-order chi connectivity index (χ1) is 8.65. The maximum Gasteiger partial charge on any atom is 0.328 e. The van der Waals surface area contributed by atoms with Crippen LogP contribution in [0.5, 0.6) is 0 Å². The predicted octanol–water partition coefficient (Wildman–Crippen LogP) is -0.521. The summed E-state index contributed by atoms with van der Waals surface area (Å²) in [5.41, 5.74) is -0.814. The van der Waals surface area contributed by atoms with E-state index in [1.165, 1.54) is 16.8 Å². The highest BCUT2D eigenvalue weighted by atomic mass is 16.3. The van der Waals surface area contributed by atoms with Crippen molar-refractivity contribution < 1.29 is 10.2 Å². The number of nitrogens with zero attached hydrogens (tertiary/aromatic N) is 1. The molecule has 3 atom stereocenters. The number of rotatable bonds is 3. The second-order valence-corrected chi connectivity index (χ2v) is 4.87. The zero-order valence-electron chi connectivity index (χ0n) is 10.1. The van der Waals surface area contributed by atoms with E-state index in [2.05, 4.69) is 4.98 Å². The van der Waals surface area contributed by atoms with Crippen LogP contribution in [0.15, 0.2) is 21.9 Å². The van der Waals surface area contributed by atoms with Crippen molar-refractivity contribution in [2.24, 2.45) is 11.8 Å². The molecule has 0 amide bonds. The van der Waals surface area contributed by atoms with Gasteiger partial charge in [0, 0.05) is 31.5 Å². The fourth-order valence-corrected chi connectivity index (χ4v) is 2.73. The van der Waals surface area contributed by atoms with Crippen LogP contribution in [-0.2, 0) is 0 Å². The lowest BCUT2D eigenvalue weighted by atomic mass is 9.77. The highest BCUT2D eigenvalue weighted by Crippen LogP contribution is 2.35. The molecule has 0 aliphatic heterocycles. The van der Waals surface area contributed by atoms with Gasteiger partial charge in [-0.15, -0.1) is 0 Å². The molecule has 18 heavy (non-hydrogen) atoms. The molecule has 1 fully saturated rings. The summed E-state index contributed by atoms with van der Waals surface area (Å²) < 4.78 is 1.51. The monoisotopic (exact) mass is 254 g/mol. The van der Waals surface area contributed by atoms with Crippen molar-refractivity contribution in [2.75, 3.05) is 13.2 Å². The van der Waals surface area contributed by atoms with Crippen LogP contribution in [0.4, 0.5) is 0 Å². The molecule has 1 heterocycles. The average Bonchev–Trinajstić information content (AvgIpc) is 2.38. The molecule has 6 nitrogen and oxygen atoms in total. The molecule has 0 spiro atoms. The third-order valence-corrected chi connectivity index (χ3v) is 3.83. The van der Waals surface area contributed by atoms with E-state index in [9.17, 15) is 19.8 Å². The summed E-state index contributed by atoms with van der Waals surface area (Å²) in [4.78, 5) is 24.9. The smallest absolute Gasteiger partial charge is 0.328 e. The Morgan fingerprint density at radius 3 is 2.56 bits per heavy atom. The van der Waals surface area contributed by atoms with E-state index in [1.54, 1.807) is 0 Å². The van der Waals surface area contributed by atoms with Gasteiger partial charge in [0.25, 0.3) is 5.56 Å². The minimum atomic E-state index is -0.411. The maximum absolute atomic E-state index is 11.7. The summed E-state index contributed by atoms with van der Waals surface area (Å²) in [6.07, 6.45) is 3.69. The van der Waals surface area contributed by atoms with Crippen LogP contribution in [-0.4, -0.2) is 33.0 Å². The van der Waals surface area contributed by atoms with Crippen molar-refractivity contribution in [3.8, 4) is 0 Å². The van der Waals surface area contributed by atoms with E-state index in [-0.39, 0.29) is 31.1 Å². The van der Waals surface area contributed by atoms with Gasteiger partial charge in [0.1, 0.15) is 0 Å². The summed E-state index contributed by atoms with van der Waals surface area (Å²) >= 11 is 0. The van der Waals surface area contributed by atoms with Gasteiger partial charge in [-0.2, -0.15) is 0 Å². The Balaban J connectivity index is 2.20. The number of nitrogens with one attached hydrogen (secondary N) is 1.